The fourth-order valence-corrected chi connectivity index (χ4v) is 1.78. The van der Waals surface area contributed by atoms with Crippen LogP contribution in [0.4, 0.5) is 0 Å². The van der Waals surface area contributed by atoms with E-state index in [9.17, 15) is 14.7 Å². The molecular weight excluding hydrogens is 234 g/mol. The number of hydrogen-bond donors (Lipinski definition) is 2. The second kappa shape index (κ2) is 5.64. The summed E-state index contributed by atoms with van der Waals surface area (Å²) in [5.41, 5.74) is -0.985. The molecule has 0 aliphatic rings. The van der Waals surface area contributed by atoms with Crippen LogP contribution in [0.5, 0.6) is 0 Å². The van der Waals surface area contributed by atoms with Gasteiger partial charge in [0.15, 0.2) is 5.54 Å². The summed E-state index contributed by atoms with van der Waals surface area (Å²) in [7, 11) is 1.21. The highest BCUT2D eigenvalue weighted by atomic mass is 16.5. The lowest BCUT2D eigenvalue weighted by molar-refractivity contribution is -0.155. The Labute approximate surface area is 106 Å². The van der Waals surface area contributed by atoms with E-state index >= 15 is 0 Å². The zero-order valence-electron chi connectivity index (χ0n) is 10.6. The van der Waals surface area contributed by atoms with E-state index in [-0.39, 0.29) is 0 Å². The van der Waals surface area contributed by atoms with Gasteiger partial charge in [0.05, 0.1) is 7.11 Å². The van der Waals surface area contributed by atoms with Gasteiger partial charge < -0.3 is 15.2 Å². The van der Waals surface area contributed by atoms with E-state index in [1.54, 1.807) is 30.3 Å². The quantitative estimate of drug-likeness (QED) is 0.776. The van der Waals surface area contributed by atoms with Crippen molar-refractivity contribution >= 4 is 11.9 Å². The van der Waals surface area contributed by atoms with Crippen LogP contribution in [0, 0.1) is 0 Å². The van der Waals surface area contributed by atoms with Crippen molar-refractivity contribution in [2.45, 2.75) is 25.5 Å². The molecule has 0 saturated carbocycles. The lowest BCUT2D eigenvalue weighted by Gasteiger charge is -2.32. The standard InChI is InChI=1S/C13H17NO4/c1-9(15)14-13(2,12(17)18-3)11(16)10-7-5-4-6-8-10/h4-8,11,16H,1-3H3,(H,14,15). The largest absolute Gasteiger partial charge is 0.467 e. The molecule has 0 heterocycles. The minimum Gasteiger partial charge on any atom is -0.467 e. The number of carbonyl (C=O) groups excluding carboxylic acids is 2. The summed E-state index contributed by atoms with van der Waals surface area (Å²) in [6.45, 7) is 2.71. The van der Waals surface area contributed by atoms with Gasteiger partial charge in [0.2, 0.25) is 5.91 Å². The Morgan fingerprint density at radius 1 is 1.33 bits per heavy atom. The molecule has 0 bridgehead atoms. The number of aliphatic hydroxyl groups excluding tert-OH is 1. The molecule has 0 aliphatic carbocycles. The number of rotatable bonds is 4. The maximum absolute atomic E-state index is 11.8. The Morgan fingerprint density at radius 2 is 1.89 bits per heavy atom. The lowest BCUT2D eigenvalue weighted by Crippen LogP contribution is -2.56. The first-order valence-corrected chi connectivity index (χ1v) is 5.52. The Balaban J connectivity index is 3.11. The van der Waals surface area contributed by atoms with E-state index in [0.29, 0.717) is 5.56 Å². The van der Waals surface area contributed by atoms with Gasteiger partial charge in [0.25, 0.3) is 0 Å². The van der Waals surface area contributed by atoms with Gasteiger partial charge >= 0.3 is 5.97 Å². The van der Waals surface area contributed by atoms with E-state index < -0.39 is 23.5 Å². The fraction of sp³-hybridized carbons (Fsp3) is 0.385. The summed E-state index contributed by atoms with van der Waals surface area (Å²) in [5.74, 6) is -1.12. The molecule has 0 fully saturated rings. The molecule has 2 N–H and O–H groups in total. The Hall–Kier alpha value is -1.88. The molecule has 1 rings (SSSR count). The van der Waals surface area contributed by atoms with Crippen LogP contribution >= 0.6 is 0 Å². The molecule has 2 atom stereocenters. The molecule has 18 heavy (non-hydrogen) atoms. The molecule has 5 nitrogen and oxygen atoms in total. The van der Waals surface area contributed by atoms with Gasteiger partial charge in [-0.2, -0.15) is 0 Å². The molecule has 0 aliphatic heterocycles. The van der Waals surface area contributed by atoms with Crippen molar-refractivity contribution in [2.24, 2.45) is 0 Å². The van der Waals surface area contributed by atoms with E-state index in [1.165, 1.54) is 21.0 Å². The maximum atomic E-state index is 11.8. The molecule has 1 aromatic carbocycles. The third kappa shape index (κ3) is 2.87. The number of aliphatic hydroxyl groups is 1. The van der Waals surface area contributed by atoms with Crippen molar-refractivity contribution in [3.05, 3.63) is 35.9 Å². The summed E-state index contributed by atoms with van der Waals surface area (Å²) in [6, 6.07) is 8.62. The predicted octanol–water partition coefficient (Wildman–Crippen LogP) is 0.788. The van der Waals surface area contributed by atoms with Gasteiger partial charge in [-0.1, -0.05) is 30.3 Å². The van der Waals surface area contributed by atoms with Gasteiger partial charge in [0.1, 0.15) is 6.10 Å². The number of amides is 1. The number of hydrogen-bond acceptors (Lipinski definition) is 4. The SMILES string of the molecule is COC(=O)C(C)(NC(C)=O)C(O)c1ccccc1. The normalized spacial score (nSPS) is 15.3. The van der Waals surface area contributed by atoms with Crippen LogP contribution in [0.15, 0.2) is 30.3 Å². The van der Waals surface area contributed by atoms with Crippen LogP contribution in [-0.2, 0) is 14.3 Å². The number of carbonyl (C=O) groups is 2. The van der Waals surface area contributed by atoms with Crippen LogP contribution in [-0.4, -0.2) is 29.6 Å². The van der Waals surface area contributed by atoms with Gasteiger partial charge in [-0.15, -0.1) is 0 Å². The van der Waals surface area contributed by atoms with Crippen LogP contribution < -0.4 is 5.32 Å². The van der Waals surface area contributed by atoms with E-state index in [4.69, 9.17) is 0 Å². The molecule has 0 aromatic heterocycles. The van der Waals surface area contributed by atoms with Crippen molar-refractivity contribution < 1.29 is 19.4 Å². The van der Waals surface area contributed by atoms with Crippen LogP contribution in [0.3, 0.4) is 0 Å². The highest BCUT2D eigenvalue weighted by Crippen LogP contribution is 2.26. The molecule has 98 valence electrons. The summed E-state index contributed by atoms with van der Waals surface area (Å²) < 4.78 is 4.65. The van der Waals surface area contributed by atoms with Crippen molar-refractivity contribution in [3.63, 3.8) is 0 Å². The Bertz CT molecular complexity index is 432. The fourth-order valence-electron chi connectivity index (χ4n) is 1.78. The van der Waals surface area contributed by atoms with E-state index in [1.807, 2.05) is 0 Å². The van der Waals surface area contributed by atoms with E-state index in [2.05, 4.69) is 10.1 Å². The average Bonchev–Trinajstić information content (AvgIpc) is 2.36. The number of nitrogens with one attached hydrogen (secondary N) is 1. The Kier molecular flexibility index (Phi) is 4.44. The summed E-state index contributed by atoms with van der Waals surface area (Å²) >= 11 is 0. The van der Waals surface area contributed by atoms with Gasteiger partial charge in [-0.25, -0.2) is 4.79 Å². The number of esters is 1. The molecule has 2 unspecified atom stereocenters. The third-order valence-corrected chi connectivity index (χ3v) is 2.71. The molecule has 1 aromatic rings. The first-order valence-electron chi connectivity index (χ1n) is 5.52. The molecular formula is C13H17NO4. The topological polar surface area (TPSA) is 75.6 Å². The third-order valence-electron chi connectivity index (χ3n) is 2.71. The van der Waals surface area contributed by atoms with E-state index in [0.717, 1.165) is 0 Å². The first-order chi connectivity index (χ1) is 8.41. The summed E-state index contributed by atoms with van der Waals surface area (Å²) in [5, 5.41) is 12.7. The average molecular weight is 251 g/mol. The highest BCUT2D eigenvalue weighted by molar-refractivity contribution is 5.87. The van der Waals surface area contributed by atoms with Crippen molar-refractivity contribution in [3.8, 4) is 0 Å². The smallest absolute Gasteiger partial charge is 0.334 e. The Morgan fingerprint density at radius 3 is 2.33 bits per heavy atom. The molecule has 0 spiro atoms. The number of ether oxygens (including phenoxy) is 1. The molecule has 0 saturated heterocycles. The summed E-state index contributed by atoms with van der Waals surface area (Å²) in [4.78, 5) is 23.0. The zero-order chi connectivity index (χ0) is 13.8. The second-order valence-electron chi connectivity index (χ2n) is 4.19. The highest BCUT2D eigenvalue weighted by Gasteiger charge is 2.43. The lowest BCUT2D eigenvalue weighted by atomic mass is 9.89. The van der Waals surface area contributed by atoms with Gasteiger partial charge in [-0.05, 0) is 12.5 Å². The minimum atomic E-state index is -1.51. The molecule has 5 heteroatoms. The monoisotopic (exact) mass is 251 g/mol. The summed E-state index contributed by atoms with van der Waals surface area (Å²) in [6.07, 6.45) is -1.19. The van der Waals surface area contributed by atoms with Crippen molar-refractivity contribution in [2.75, 3.05) is 7.11 Å². The minimum absolute atomic E-state index is 0.419. The van der Waals surface area contributed by atoms with Gasteiger partial charge in [0, 0.05) is 6.92 Å². The molecule has 1 amide bonds. The van der Waals surface area contributed by atoms with Crippen LogP contribution in [0.1, 0.15) is 25.5 Å². The zero-order valence-corrected chi connectivity index (χ0v) is 10.6. The maximum Gasteiger partial charge on any atom is 0.334 e. The predicted molar refractivity (Wildman–Crippen MR) is 65.6 cm³/mol. The first kappa shape index (κ1) is 14.2. The molecule has 0 radical (unpaired) electrons. The van der Waals surface area contributed by atoms with Gasteiger partial charge in [-0.3, -0.25) is 4.79 Å². The second-order valence-corrected chi connectivity index (χ2v) is 4.19. The van der Waals surface area contributed by atoms with Crippen LogP contribution in [0.25, 0.3) is 0 Å². The van der Waals surface area contributed by atoms with Crippen LogP contribution in [0.2, 0.25) is 0 Å². The van der Waals surface area contributed by atoms with Crippen molar-refractivity contribution in [1.29, 1.82) is 0 Å². The number of methoxy groups -OCH3 is 1. The van der Waals surface area contributed by atoms with Crippen molar-refractivity contribution in [1.82, 2.24) is 5.32 Å². The number of benzene rings is 1.